The van der Waals surface area contributed by atoms with Crippen LogP contribution in [0.2, 0.25) is 0 Å². The summed E-state index contributed by atoms with van der Waals surface area (Å²) in [5, 5.41) is 17.4. The number of nitrogens with two attached hydrogens (primary N) is 1. The Morgan fingerprint density at radius 3 is 2.53 bits per heavy atom. The number of alkyl halides is 2. The Bertz CT molecular complexity index is 1210. The minimum atomic E-state index is -2.50. The molecule has 0 radical (unpaired) electrons. The van der Waals surface area contributed by atoms with Crippen LogP contribution in [-0.4, -0.2) is 44.5 Å². The van der Waals surface area contributed by atoms with Crippen molar-refractivity contribution in [3.8, 4) is 5.75 Å². The number of anilines is 2. The predicted molar refractivity (Wildman–Crippen MR) is 133 cm³/mol. The number of amides is 1. The molecule has 36 heavy (non-hydrogen) atoms. The number of carbonyl (C=O) groups excluding carboxylic acids is 1. The number of hydrogen-bond donors (Lipinski definition) is 3. The van der Waals surface area contributed by atoms with Crippen LogP contribution in [0.25, 0.3) is 0 Å². The van der Waals surface area contributed by atoms with Crippen LogP contribution in [0, 0.1) is 5.82 Å². The summed E-state index contributed by atoms with van der Waals surface area (Å²) in [7, 11) is 0. The summed E-state index contributed by atoms with van der Waals surface area (Å²) in [6.07, 6.45) is 3.87. The van der Waals surface area contributed by atoms with E-state index >= 15 is 0 Å². The van der Waals surface area contributed by atoms with Crippen LogP contribution < -0.4 is 11.1 Å². The van der Waals surface area contributed by atoms with Crippen molar-refractivity contribution in [1.29, 1.82) is 0 Å². The van der Waals surface area contributed by atoms with Gasteiger partial charge in [0, 0.05) is 42.0 Å². The number of hydrogen-bond acceptors (Lipinski definition) is 6. The van der Waals surface area contributed by atoms with Gasteiger partial charge >= 0.3 is 0 Å². The molecule has 4 rings (SSSR count). The molecule has 0 aliphatic carbocycles. The molecule has 2 aromatic carbocycles. The van der Waals surface area contributed by atoms with Gasteiger partial charge in [-0.15, -0.1) is 0 Å². The summed E-state index contributed by atoms with van der Waals surface area (Å²) in [5.41, 5.74) is 6.54. The first-order valence-corrected chi connectivity index (χ1v) is 12.5. The monoisotopic (exact) mass is 519 g/mol. The Kier molecular flexibility index (Phi) is 7.79. The van der Waals surface area contributed by atoms with E-state index in [-0.39, 0.29) is 22.7 Å². The van der Waals surface area contributed by atoms with Crippen molar-refractivity contribution in [3.05, 3.63) is 65.6 Å². The van der Waals surface area contributed by atoms with Crippen LogP contribution in [0.4, 0.5) is 24.7 Å². The standard InChI is InChI=1S/C25H28F3N5O2S/c1-2-25(9-11-32(12-10-25)14-16-13-18(34)5-8-21(16)26)33-15-20(22(29)35)23(31-33)30-17-3-6-19(7-4-17)36-24(27)28/h3-8,13,15,24,34H,2,9-12,14H2,1H3,(H2,29,35)(H,30,31). The van der Waals surface area contributed by atoms with Crippen molar-refractivity contribution < 1.29 is 23.1 Å². The summed E-state index contributed by atoms with van der Waals surface area (Å²) in [6.45, 7) is 3.81. The lowest BCUT2D eigenvalue weighted by Crippen LogP contribution is -2.46. The van der Waals surface area contributed by atoms with Gasteiger partial charge in [-0.2, -0.15) is 13.9 Å². The van der Waals surface area contributed by atoms with Gasteiger partial charge in [-0.1, -0.05) is 18.7 Å². The second-order valence-corrected chi connectivity index (χ2v) is 9.92. The molecule has 192 valence electrons. The Morgan fingerprint density at radius 1 is 1.22 bits per heavy atom. The molecule has 1 fully saturated rings. The van der Waals surface area contributed by atoms with E-state index in [2.05, 4.69) is 22.2 Å². The van der Waals surface area contributed by atoms with Gasteiger partial charge in [0.2, 0.25) is 0 Å². The fourth-order valence-corrected chi connectivity index (χ4v) is 5.04. The van der Waals surface area contributed by atoms with E-state index in [1.165, 1.54) is 18.2 Å². The minimum Gasteiger partial charge on any atom is -0.508 e. The SMILES string of the molecule is CCC1(n2cc(C(N)=O)c(Nc3ccc(SC(F)F)cc3)n2)CCN(Cc2cc(O)ccc2F)CC1. The number of piperidine rings is 1. The van der Waals surface area contributed by atoms with E-state index in [4.69, 9.17) is 5.73 Å². The van der Waals surface area contributed by atoms with Gasteiger partial charge in [0.15, 0.2) is 5.82 Å². The third-order valence-corrected chi connectivity index (χ3v) is 7.40. The quantitative estimate of drug-likeness (QED) is 0.333. The van der Waals surface area contributed by atoms with Gasteiger partial charge in [-0.05, 0) is 61.7 Å². The maximum absolute atomic E-state index is 14.2. The average Bonchev–Trinajstić information content (AvgIpc) is 3.28. The highest BCUT2D eigenvalue weighted by molar-refractivity contribution is 7.99. The fraction of sp³-hybridized carbons (Fsp3) is 0.360. The van der Waals surface area contributed by atoms with Crippen molar-refractivity contribution in [1.82, 2.24) is 14.7 Å². The van der Waals surface area contributed by atoms with E-state index in [0.29, 0.717) is 53.4 Å². The van der Waals surface area contributed by atoms with E-state index < -0.39 is 11.7 Å². The number of thioether (sulfide) groups is 1. The van der Waals surface area contributed by atoms with Crippen LogP contribution in [0.3, 0.4) is 0 Å². The molecule has 1 amide bonds. The number of benzene rings is 2. The van der Waals surface area contributed by atoms with Gasteiger partial charge in [-0.3, -0.25) is 14.4 Å². The molecule has 0 spiro atoms. The summed E-state index contributed by atoms with van der Waals surface area (Å²) < 4.78 is 41.1. The van der Waals surface area contributed by atoms with E-state index in [0.717, 1.165) is 19.3 Å². The number of phenolic OH excluding ortho intramolecular Hbond substituents is 1. The normalized spacial score (nSPS) is 15.8. The zero-order chi connectivity index (χ0) is 25.9. The number of likely N-dealkylation sites (tertiary alicyclic amines) is 1. The van der Waals surface area contributed by atoms with Crippen LogP contribution in [0.5, 0.6) is 5.75 Å². The second-order valence-electron chi connectivity index (χ2n) is 8.86. The lowest BCUT2D eigenvalue weighted by atomic mass is 9.85. The third-order valence-electron chi connectivity index (χ3n) is 6.68. The van der Waals surface area contributed by atoms with Crippen LogP contribution in [0.1, 0.15) is 42.1 Å². The zero-order valence-corrected chi connectivity index (χ0v) is 20.6. The number of phenols is 1. The largest absolute Gasteiger partial charge is 0.508 e. The number of aromatic nitrogens is 2. The van der Waals surface area contributed by atoms with Gasteiger partial charge < -0.3 is 16.2 Å². The Balaban J connectivity index is 1.50. The first-order chi connectivity index (χ1) is 17.2. The first kappa shape index (κ1) is 25.9. The molecule has 1 saturated heterocycles. The highest BCUT2D eigenvalue weighted by atomic mass is 32.2. The molecular formula is C25H28F3N5O2S. The highest BCUT2D eigenvalue weighted by Gasteiger charge is 2.37. The average molecular weight is 520 g/mol. The maximum Gasteiger partial charge on any atom is 0.288 e. The molecule has 0 saturated carbocycles. The van der Waals surface area contributed by atoms with Gasteiger partial charge in [0.25, 0.3) is 11.7 Å². The smallest absolute Gasteiger partial charge is 0.288 e. The highest BCUT2D eigenvalue weighted by Crippen LogP contribution is 2.36. The van der Waals surface area contributed by atoms with Crippen LogP contribution >= 0.6 is 11.8 Å². The molecule has 7 nitrogen and oxygen atoms in total. The summed E-state index contributed by atoms with van der Waals surface area (Å²) in [4.78, 5) is 14.7. The number of carbonyl (C=O) groups is 1. The first-order valence-electron chi connectivity index (χ1n) is 11.6. The zero-order valence-electron chi connectivity index (χ0n) is 19.8. The maximum atomic E-state index is 14.2. The van der Waals surface area contributed by atoms with Crippen LogP contribution in [0.15, 0.2) is 53.6 Å². The van der Waals surface area contributed by atoms with Crippen molar-refractivity contribution in [2.24, 2.45) is 5.73 Å². The predicted octanol–water partition coefficient (Wildman–Crippen LogP) is 5.29. The Morgan fingerprint density at radius 2 is 1.92 bits per heavy atom. The molecule has 3 aromatic rings. The van der Waals surface area contributed by atoms with E-state index in [1.807, 2.05) is 0 Å². The number of nitrogens with zero attached hydrogens (tertiary/aromatic N) is 3. The van der Waals surface area contributed by atoms with Crippen molar-refractivity contribution >= 4 is 29.2 Å². The van der Waals surface area contributed by atoms with E-state index in [1.54, 1.807) is 35.1 Å². The Labute approximate surface area is 211 Å². The fourth-order valence-electron chi connectivity index (χ4n) is 4.54. The number of nitrogens with one attached hydrogen (secondary N) is 1. The molecule has 1 aliphatic heterocycles. The molecule has 2 heterocycles. The molecule has 0 atom stereocenters. The second kappa shape index (κ2) is 10.8. The number of primary amides is 1. The molecule has 1 aliphatic rings. The summed E-state index contributed by atoms with van der Waals surface area (Å²) >= 11 is 0.457. The lowest BCUT2D eigenvalue weighted by Gasteiger charge is -2.41. The molecular weight excluding hydrogens is 491 g/mol. The van der Waals surface area contributed by atoms with E-state index in [9.17, 15) is 23.1 Å². The van der Waals surface area contributed by atoms with Crippen molar-refractivity contribution in [2.45, 2.75) is 48.9 Å². The van der Waals surface area contributed by atoms with Gasteiger partial charge in [0.1, 0.15) is 17.1 Å². The minimum absolute atomic E-state index is 0.0317. The lowest BCUT2D eigenvalue weighted by molar-refractivity contribution is 0.0900. The van der Waals surface area contributed by atoms with Gasteiger partial charge in [0.05, 0.1) is 5.54 Å². The third kappa shape index (κ3) is 5.79. The number of rotatable bonds is 9. The molecule has 1 aromatic heterocycles. The molecule has 11 heteroatoms. The molecule has 0 unspecified atom stereocenters. The topological polar surface area (TPSA) is 96.4 Å². The summed E-state index contributed by atoms with van der Waals surface area (Å²) in [6, 6.07) is 10.5. The number of halogens is 3. The van der Waals surface area contributed by atoms with Crippen LogP contribution in [-0.2, 0) is 12.1 Å². The Hall–Kier alpha value is -3.18. The van der Waals surface area contributed by atoms with Crippen molar-refractivity contribution in [2.75, 3.05) is 18.4 Å². The molecule has 4 N–H and O–H groups in total. The summed E-state index contributed by atoms with van der Waals surface area (Å²) in [5.74, 6) is -3.15. The van der Waals surface area contributed by atoms with Gasteiger partial charge in [-0.25, -0.2) is 4.39 Å². The molecule has 0 bridgehead atoms. The number of aromatic hydroxyl groups is 1. The van der Waals surface area contributed by atoms with Crippen molar-refractivity contribution in [3.63, 3.8) is 0 Å².